The Morgan fingerprint density at radius 2 is 1.86 bits per heavy atom. The number of hydrogen-bond acceptors (Lipinski definition) is 2. The zero-order valence-corrected chi connectivity index (χ0v) is 14.9. The van der Waals surface area contributed by atoms with E-state index in [1.807, 2.05) is 44.2 Å². The summed E-state index contributed by atoms with van der Waals surface area (Å²) in [7, 11) is 0. The van der Waals surface area contributed by atoms with Crippen LogP contribution in [0.5, 0.6) is 5.75 Å². The number of halogens is 2. The lowest BCUT2D eigenvalue weighted by molar-refractivity contribution is 0.102. The van der Waals surface area contributed by atoms with E-state index in [4.69, 9.17) is 4.74 Å². The summed E-state index contributed by atoms with van der Waals surface area (Å²) in [5, 5.41) is 2.88. The first-order valence-corrected chi connectivity index (χ1v) is 8.08. The molecule has 0 aliphatic heterocycles. The van der Waals surface area contributed by atoms with Gasteiger partial charge in [0.15, 0.2) is 0 Å². The number of carbonyl (C=O) groups excluding carboxylic acids is 1. The lowest BCUT2D eigenvalue weighted by Crippen LogP contribution is -2.16. The minimum atomic E-state index is -0.209. The second-order valence-electron chi connectivity index (χ2n) is 4.74. The van der Waals surface area contributed by atoms with Crippen molar-refractivity contribution in [1.29, 1.82) is 0 Å². The summed E-state index contributed by atoms with van der Waals surface area (Å²) in [5.74, 6) is 0.358. The van der Waals surface area contributed by atoms with Crippen LogP contribution >= 0.6 is 31.9 Å². The maximum absolute atomic E-state index is 12.5. The summed E-state index contributed by atoms with van der Waals surface area (Å²) in [6.07, 6.45) is 0.00110. The van der Waals surface area contributed by atoms with Gasteiger partial charge in [-0.3, -0.25) is 4.79 Å². The van der Waals surface area contributed by atoms with Crippen molar-refractivity contribution in [2.75, 3.05) is 5.32 Å². The molecule has 0 heterocycles. The Morgan fingerprint density at radius 1 is 1.14 bits per heavy atom. The van der Waals surface area contributed by atoms with Crippen LogP contribution in [-0.4, -0.2) is 12.0 Å². The van der Waals surface area contributed by atoms with E-state index in [0.717, 1.165) is 14.6 Å². The first-order valence-electron chi connectivity index (χ1n) is 6.49. The number of para-hydroxylation sites is 1. The topological polar surface area (TPSA) is 38.3 Å². The summed E-state index contributed by atoms with van der Waals surface area (Å²) in [5.41, 5.74) is 1.21. The molecule has 0 saturated heterocycles. The summed E-state index contributed by atoms with van der Waals surface area (Å²) >= 11 is 6.80. The molecule has 0 atom stereocenters. The second-order valence-corrected chi connectivity index (χ2v) is 6.51. The van der Waals surface area contributed by atoms with Crippen LogP contribution in [0, 0.1) is 0 Å². The number of anilines is 1. The minimum absolute atomic E-state index is 0.00110. The second kappa shape index (κ2) is 7.09. The van der Waals surface area contributed by atoms with Gasteiger partial charge in [0.05, 0.1) is 17.4 Å². The molecule has 0 bridgehead atoms. The van der Waals surface area contributed by atoms with Crippen LogP contribution in [-0.2, 0) is 0 Å². The van der Waals surface area contributed by atoms with Crippen molar-refractivity contribution in [3.63, 3.8) is 0 Å². The molecule has 2 aromatic rings. The fraction of sp³-hybridized carbons (Fsp3) is 0.188. The monoisotopic (exact) mass is 411 g/mol. The maximum atomic E-state index is 12.5. The molecule has 0 unspecified atom stereocenters. The van der Waals surface area contributed by atoms with Crippen LogP contribution in [0.15, 0.2) is 51.4 Å². The Bertz CT molecular complexity index is 656. The van der Waals surface area contributed by atoms with Gasteiger partial charge in [0.25, 0.3) is 5.91 Å². The zero-order valence-electron chi connectivity index (χ0n) is 11.7. The molecule has 0 aliphatic rings. The number of ether oxygens (including phenoxy) is 1. The van der Waals surface area contributed by atoms with E-state index in [-0.39, 0.29) is 12.0 Å². The van der Waals surface area contributed by atoms with Crippen LogP contribution in [0.1, 0.15) is 24.2 Å². The molecule has 3 nitrogen and oxygen atoms in total. The minimum Gasteiger partial charge on any atom is -0.490 e. The first kappa shape index (κ1) is 16.0. The van der Waals surface area contributed by atoms with Crippen LogP contribution in [0.25, 0.3) is 0 Å². The number of nitrogens with one attached hydrogen (secondary N) is 1. The Morgan fingerprint density at radius 3 is 2.52 bits per heavy atom. The maximum Gasteiger partial charge on any atom is 0.259 e. The molecule has 21 heavy (non-hydrogen) atoms. The van der Waals surface area contributed by atoms with E-state index in [0.29, 0.717) is 11.3 Å². The van der Waals surface area contributed by atoms with Crippen LogP contribution in [0.2, 0.25) is 0 Å². The van der Waals surface area contributed by atoms with Crippen molar-refractivity contribution in [2.45, 2.75) is 20.0 Å². The highest BCUT2D eigenvalue weighted by atomic mass is 79.9. The van der Waals surface area contributed by atoms with E-state index in [9.17, 15) is 4.79 Å². The largest absolute Gasteiger partial charge is 0.490 e. The Labute approximate surface area is 141 Å². The molecular weight excluding hydrogens is 398 g/mol. The van der Waals surface area contributed by atoms with Crippen LogP contribution in [0.4, 0.5) is 5.69 Å². The SMILES string of the molecule is CC(C)Oc1ccc(Br)cc1C(=O)Nc1ccccc1Br. The molecule has 0 aliphatic carbocycles. The van der Waals surface area contributed by atoms with Crippen molar-refractivity contribution in [3.8, 4) is 5.75 Å². The fourth-order valence-electron chi connectivity index (χ4n) is 1.79. The summed E-state index contributed by atoms with van der Waals surface area (Å²) in [6, 6.07) is 12.9. The Kier molecular flexibility index (Phi) is 5.42. The van der Waals surface area contributed by atoms with Gasteiger partial charge in [-0.25, -0.2) is 0 Å². The van der Waals surface area contributed by atoms with Gasteiger partial charge in [-0.2, -0.15) is 0 Å². The van der Waals surface area contributed by atoms with Gasteiger partial charge in [0.2, 0.25) is 0 Å². The van der Waals surface area contributed by atoms with Crippen molar-refractivity contribution in [1.82, 2.24) is 0 Å². The number of amides is 1. The van der Waals surface area contributed by atoms with Crippen molar-refractivity contribution < 1.29 is 9.53 Å². The lowest BCUT2D eigenvalue weighted by atomic mass is 10.1. The van der Waals surface area contributed by atoms with Gasteiger partial charge in [-0.15, -0.1) is 0 Å². The molecule has 0 radical (unpaired) electrons. The normalized spacial score (nSPS) is 10.5. The number of hydrogen-bond donors (Lipinski definition) is 1. The van der Waals surface area contributed by atoms with Crippen molar-refractivity contribution in [2.24, 2.45) is 0 Å². The van der Waals surface area contributed by atoms with Gasteiger partial charge in [0.1, 0.15) is 5.75 Å². The molecular formula is C16H15Br2NO2. The summed E-state index contributed by atoms with van der Waals surface area (Å²) in [4.78, 5) is 12.5. The van der Waals surface area contributed by atoms with Crippen molar-refractivity contribution in [3.05, 3.63) is 57.0 Å². The first-order chi connectivity index (χ1) is 9.97. The van der Waals surface area contributed by atoms with Gasteiger partial charge < -0.3 is 10.1 Å². The lowest BCUT2D eigenvalue weighted by Gasteiger charge is -2.15. The number of carbonyl (C=O) groups is 1. The van der Waals surface area contributed by atoms with E-state index >= 15 is 0 Å². The molecule has 110 valence electrons. The molecule has 0 aromatic heterocycles. The Hall–Kier alpha value is -1.33. The zero-order chi connectivity index (χ0) is 15.4. The van der Waals surface area contributed by atoms with Gasteiger partial charge in [0, 0.05) is 8.95 Å². The standard InChI is InChI=1S/C16H15Br2NO2/c1-10(2)21-15-8-7-11(17)9-12(15)16(20)19-14-6-4-3-5-13(14)18/h3-10H,1-2H3,(H,19,20). The third-order valence-electron chi connectivity index (χ3n) is 2.67. The average molecular weight is 413 g/mol. The number of benzene rings is 2. The highest BCUT2D eigenvalue weighted by Crippen LogP contribution is 2.27. The van der Waals surface area contributed by atoms with Crippen molar-refractivity contribution >= 4 is 43.5 Å². The average Bonchev–Trinajstić information content (AvgIpc) is 2.43. The molecule has 5 heteroatoms. The van der Waals surface area contributed by atoms with E-state index in [1.165, 1.54) is 0 Å². The molecule has 2 rings (SSSR count). The van der Waals surface area contributed by atoms with E-state index in [1.54, 1.807) is 12.1 Å². The third-order valence-corrected chi connectivity index (χ3v) is 3.86. The predicted octanol–water partition coefficient (Wildman–Crippen LogP) is 5.25. The van der Waals surface area contributed by atoms with Gasteiger partial charge in [-0.05, 0) is 60.1 Å². The van der Waals surface area contributed by atoms with E-state index < -0.39 is 0 Å². The van der Waals surface area contributed by atoms with Crippen LogP contribution < -0.4 is 10.1 Å². The van der Waals surface area contributed by atoms with Crippen LogP contribution in [0.3, 0.4) is 0 Å². The fourth-order valence-corrected chi connectivity index (χ4v) is 2.53. The smallest absolute Gasteiger partial charge is 0.259 e. The van der Waals surface area contributed by atoms with Gasteiger partial charge in [-0.1, -0.05) is 28.1 Å². The molecule has 0 saturated carbocycles. The third kappa shape index (κ3) is 4.32. The predicted molar refractivity (Wildman–Crippen MR) is 92.0 cm³/mol. The number of rotatable bonds is 4. The van der Waals surface area contributed by atoms with Gasteiger partial charge >= 0.3 is 0 Å². The molecule has 2 aromatic carbocycles. The molecule has 1 amide bonds. The molecule has 0 spiro atoms. The highest BCUT2D eigenvalue weighted by molar-refractivity contribution is 9.10. The molecule has 0 fully saturated rings. The Balaban J connectivity index is 2.30. The summed E-state index contributed by atoms with van der Waals surface area (Å²) < 4.78 is 7.36. The highest BCUT2D eigenvalue weighted by Gasteiger charge is 2.15. The van der Waals surface area contributed by atoms with E-state index in [2.05, 4.69) is 37.2 Å². The molecule has 1 N–H and O–H groups in total. The quantitative estimate of drug-likeness (QED) is 0.744. The summed E-state index contributed by atoms with van der Waals surface area (Å²) in [6.45, 7) is 3.86.